The molecule has 7 atom stereocenters. The third kappa shape index (κ3) is 1.86. The van der Waals surface area contributed by atoms with E-state index in [1.165, 1.54) is 5.57 Å². The Labute approximate surface area is 155 Å². The molecule has 2 nitrogen and oxygen atoms in total. The van der Waals surface area contributed by atoms with E-state index >= 15 is 0 Å². The zero-order valence-electron chi connectivity index (χ0n) is 14.9. The molecule has 0 amide bonds. The maximum absolute atomic E-state index is 11.9. The summed E-state index contributed by atoms with van der Waals surface area (Å²) in [5.74, 6) is 0.956. The quantitative estimate of drug-likeness (QED) is 0.618. The lowest BCUT2D eigenvalue weighted by atomic mass is 9.46. The van der Waals surface area contributed by atoms with Gasteiger partial charge in [-0.1, -0.05) is 19.4 Å². The van der Waals surface area contributed by atoms with Crippen LogP contribution in [-0.4, -0.2) is 26.7 Å². The number of hydrogen-bond acceptors (Lipinski definition) is 2. The molecule has 0 aromatic rings. The van der Waals surface area contributed by atoms with Crippen LogP contribution in [0.15, 0.2) is 11.6 Å². The van der Waals surface area contributed by atoms with E-state index in [2.05, 4.69) is 13.8 Å². The van der Waals surface area contributed by atoms with E-state index in [0.29, 0.717) is 18.3 Å². The van der Waals surface area contributed by atoms with E-state index in [0.717, 1.165) is 38.5 Å². The molecular weight excluding hydrogens is 343 g/mol. The maximum atomic E-state index is 11.9. The van der Waals surface area contributed by atoms with Crippen molar-refractivity contribution in [2.75, 3.05) is 0 Å². The van der Waals surface area contributed by atoms with Crippen LogP contribution < -0.4 is 0 Å². The van der Waals surface area contributed by atoms with Crippen LogP contribution >= 0.6 is 23.2 Å². The summed E-state index contributed by atoms with van der Waals surface area (Å²) in [6.07, 6.45) is 7.77. The second-order valence-corrected chi connectivity index (χ2v) is 10.5. The van der Waals surface area contributed by atoms with Gasteiger partial charge in [0.2, 0.25) is 0 Å². The smallest absolute Gasteiger partial charge is 0.155 e. The van der Waals surface area contributed by atoms with E-state index in [1.807, 2.05) is 13.0 Å². The van der Waals surface area contributed by atoms with Crippen molar-refractivity contribution in [1.82, 2.24) is 0 Å². The van der Waals surface area contributed by atoms with Gasteiger partial charge in [0.15, 0.2) is 5.78 Å². The van der Waals surface area contributed by atoms with Crippen molar-refractivity contribution in [3.8, 4) is 0 Å². The number of carbonyl (C=O) groups is 1. The Kier molecular flexibility index (Phi) is 3.63. The Morgan fingerprint density at radius 2 is 1.83 bits per heavy atom. The zero-order chi connectivity index (χ0) is 17.5. The molecule has 134 valence electrons. The average molecular weight is 371 g/mol. The lowest BCUT2D eigenvalue weighted by molar-refractivity contribution is -0.119. The Morgan fingerprint density at radius 1 is 1.12 bits per heavy atom. The minimum atomic E-state index is -0.664. The topological polar surface area (TPSA) is 37.3 Å². The van der Waals surface area contributed by atoms with Crippen LogP contribution in [0.25, 0.3) is 0 Å². The standard InChI is InChI=1S/C20H28Cl2O2/c1-17-8-6-13(23)10-12(17)4-5-15-14-7-9-19(3,24)18(14,2)11-16(21)20(15,17)22/h10,14-16,24H,4-9,11H2,1-3H3. The second-order valence-electron chi connectivity index (χ2n) is 9.39. The summed E-state index contributed by atoms with van der Waals surface area (Å²) in [5.41, 5.74) is 0.185. The number of hydrogen-bond donors (Lipinski definition) is 1. The van der Waals surface area contributed by atoms with Crippen molar-refractivity contribution in [3.05, 3.63) is 11.6 Å². The molecule has 7 unspecified atom stereocenters. The van der Waals surface area contributed by atoms with Gasteiger partial charge in [-0.25, -0.2) is 0 Å². The molecule has 0 aromatic carbocycles. The van der Waals surface area contributed by atoms with E-state index in [9.17, 15) is 9.90 Å². The molecule has 4 aliphatic carbocycles. The first-order valence-electron chi connectivity index (χ1n) is 9.35. The SMILES string of the molecule is CC1(O)CCC2C3CCC4=CC(=O)CCC4(C)C3(Cl)C(Cl)CC21C. The minimum Gasteiger partial charge on any atom is -0.390 e. The van der Waals surface area contributed by atoms with Crippen LogP contribution in [0, 0.1) is 22.7 Å². The summed E-state index contributed by atoms with van der Waals surface area (Å²) in [6.45, 7) is 6.43. The first kappa shape index (κ1) is 17.4. The van der Waals surface area contributed by atoms with E-state index < -0.39 is 10.5 Å². The molecule has 24 heavy (non-hydrogen) atoms. The highest BCUT2D eigenvalue weighted by Gasteiger charge is 2.70. The number of alkyl halides is 2. The Hall–Kier alpha value is -0.0500. The summed E-state index contributed by atoms with van der Waals surface area (Å²) in [5, 5.41) is 10.8. The van der Waals surface area contributed by atoms with Crippen molar-refractivity contribution < 1.29 is 9.90 Å². The van der Waals surface area contributed by atoms with E-state index in [4.69, 9.17) is 23.2 Å². The molecule has 0 aromatic heterocycles. The van der Waals surface area contributed by atoms with Crippen molar-refractivity contribution in [2.24, 2.45) is 22.7 Å². The number of ketones is 1. The fourth-order valence-electron chi connectivity index (χ4n) is 6.72. The number of fused-ring (bicyclic) bond motifs is 5. The predicted molar refractivity (Wildman–Crippen MR) is 97.5 cm³/mol. The molecule has 1 N–H and O–H groups in total. The van der Waals surface area contributed by atoms with Crippen molar-refractivity contribution in [1.29, 1.82) is 0 Å². The van der Waals surface area contributed by atoms with Crippen LogP contribution in [-0.2, 0) is 4.79 Å². The molecule has 3 saturated carbocycles. The molecule has 0 aliphatic heterocycles. The van der Waals surface area contributed by atoms with Crippen LogP contribution in [0.4, 0.5) is 0 Å². The van der Waals surface area contributed by atoms with Crippen LogP contribution in [0.3, 0.4) is 0 Å². The van der Waals surface area contributed by atoms with E-state index in [-0.39, 0.29) is 22.0 Å². The molecule has 0 spiro atoms. The highest BCUT2D eigenvalue weighted by atomic mass is 35.5. The minimum absolute atomic E-state index is 0.162. The Balaban J connectivity index is 1.82. The molecule has 4 rings (SSSR count). The summed E-state index contributed by atoms with van der Waals surface area (Å²) >= 11 is 14.5. The first-order chi connectivity index (χ1) is 11.1. The lowest BCUT2D eigenvalue weighted by Crippen LogP contribution is -2.66. The van der Waals surface area contributed by atoms with Crippen molar-refractivity contribution in [2.45, 2.75) is 81.6 Å². The fraction of sp³-hybridized carbons (Fsp3) is 0.850. The molecule has 0 bridgehead atoms. The number of carbonyl (C=O) groups excluding carboxylic acids is 1. The van der Waals surface area contributed by atoms with Gasteiger partial charge in [0.05, 0.1) is 15.9 Å². The van der Waals surface area contributed by atoms with Gasteiger partial charge in [-0.3, -0.25) is 4.79 Å². The highest BCUT2D eigenvalue weighted by Crippen LogP contribution is 2.71. The largest absolute Gasteiger partial charge is 0.390 e. The van der Waals surface area contributed by atoms with Gasteiger partial charge >= 0.3 is 0 Å². The average Bonchev–Trinajstić information content (AvgIpc) is 2.72. The van der Waals surface area contributed by atoms with Crippen LogP contribution in [0.2, 0.25) is 0 Å². The predicted octanol–water partition coefficient (Wildman–Crippen LogP) is 4.85. The van der Waals surface area contributed by atoms with Gasteiger partial charge in [-0.05, 0) is 63.4 Å². The molecule has 0 saturated heterocycles. The molecule has 0 heterocycles. The van der Waals surface area contributed by atoms with Gasteiger partial charge in [0, 0.05) is 17.3 Å². The summed E-state index contributed by atoms with van der Waals surface area (Å²) < 4.78 is 0. The molecule has 0 radical (unpaired) electrons. The zero-order valence-corrected chi connectivity index (χ0v) is 16.4. The summed E-state index contributed by atoms with van der Waals surface area (Å²) in [4.78, 5) is 11.4. The number of allylic oxidation sites excluding steroid dienone is 1. The molecule has 4 heteroatoms. The third-order valence-corrected chi connectivity index (χ3v) is 10.1. The fourth-order valence-corrected chi connectivity index (χ4v) is 8.00. The lowest BCUT2D eigenvalue weighted by Gasteiger charge is -2.64. The third-order valence-electron chi connectivity index (χ3n) is 8.56. The van der Waals surface area contributed by atoms with Crippen LogP contribution in [0.5, 0.6) is 0 Å². The molecule has 4 aliphatic rings. The van der Waals surface area contributed by atoms with Crippen LogP contribution in [0.1, 0.15) is 65.7 Å². The van der Waals surface area contributed by atoms with Gasteiger partial charge in [0.1, 0.15) is 0 Å². The Bertz CT molecular complexity index is 627. The molecule has 3 fully saturated rings. The number of aliphatic hydroxyl groups is 1. The maximum Gasteiger partial charge on any atom is 0.155 e. The first-order valence-corrected chi connectivity index (χ1v) is 10.2. The Morgan fingerprint density at radius 3 is 2.54 bits per heavy atom. The highest BCUT2D eigenvalue weighted by molar-refractivity contribution is 6.33. The normalized spacial score (nSPS) is 57.0. The van der Waals surface area contributed by atoms with Crippen molar-refractivity contribution in [3.63, 3.8) is 0 Å². The van der Waals surface area contributed by atoms with Gasteiger partial charge < -0.3 is 5.11 Å². The van der Waals surface area contributed by atoms with Gasteiger partial charge in [-0.2, -0.15) is 0 Å². The number of rotatable bonds is 0. The second kappa shape index (κ2) is 5.02. The van der Waals surface area contributed by atoms with Crippen molar-refractivity contribution >= 4 is 29.0 Å². The summed E-state index contributed by atoms with van der Waals surface area (Å²) in [6, 6.07) is 0. The molecular formula is C20H28Cl2O2. The van der Waals surface area contributed by atoms with Gasteiger partial charge in [0.25, 0.3) is 0 Å². The monoisotopic (exact) mass is 370 g/mol. The summed E-state index contributed by atoms with van der Waals surface area (Å²) in [7, 11) is 0. The van der Waals surface area contributed by atoms with Gasteiger partial charge in [-0.15, -0.1) is 23.2 Å². The number of halogens is 2. The van der Waals surface area contributed by atoms with E-state index in [1.54, 1.807) is 0 Å².